The molecule has 0 spiro atoms. The van der Waals surface area contributed by atoms with E-state index in [4.69, 9.17) is 20.8 Å². The van der Waals surface area contributed by atoms with Gasteiger partial charge in [0.05, 0.1) is 18.2 Å². The highest BCUT2D eigenvalue weighted by molar-refractivity contribution is 6.18. The van der Waals surface area contributed by atoms with Crippen LogP contribution in [0.1, 0.15) is 21.9 Å². The van der Waals surface area contributed by atoms with E-state index in [0.29, 0.717) is 23.8 Å². The number of halogens is 1. The molecule has 1 atom stereocenters. The van der Waals surface area contributed by atoms with Crippen LogP contribution in [0.5, 0.6) is 0 Å². The third kappa shape index (κ3) is 3.25. The van der Waals surface area contributed by atoms with Crippen molar-refractivity contribution in [1.29, 1.82) is 0 Å². The molecule has 0 aliphatic carbocycles. The summed E-state index contributed by atoms with van der Waals surface area (Å²) in [5.74, 6) is 1.46. The molecule has 0 aromatic carbocycles. The number of ether oxygens (including phenoxy) is 1. The van der Waals surface area contributed by atoms with E-state index in [1.54, 1.807) is 27.0 Å². The molecule has 16 heavy (non-hydrogen) atoms. The zero-order valence-electron chi connectivity index (χ0n) is 9.67. The van der Waals surface area contributed by atoms with Crippen molar-refractivity contribution in [3.63, 3.8) is 0 Å². The minimum atomic E-state index is -0.186. The van der Waals surface area contributed by atoms with Gasteiger partial charge in [0.25, 0.3) is 5.91 Å². The first kappa shape index (κ1) is 13.1. The van der Waals surface area contributed by atoms with E-state index in [0.717, 1.165) is 5.76 Å². The van der Waals surface area contributed by atoms with Crippen LogP contribution in [-0.4, -0.2) is 31.5 Å². The molecule has 1 aromatic rings. The smallest absolute Gasteiger partial charge is 0.255 e. The van der Waals surface area contributed by atoms with E-state index in [1.807, 2.05) is 0 Å². The second kappa shape index (κ2) is 5.92. The molecule has 5 heteroatoms. The highest BCUT2D eigenvalue weighted by Crippen LogP contribution is 2.13. The van der Waals surface area contributed by atoms with Crippen LogP contribution >= 0.6 is 11.6 Å². The molecule has 1 N–H and O–H groups in total. The molecular formula is C11H16ClNO3. The second-order valence-corrected chi connectivity index (χ2v) is 3.92. The minimum absolute atomic E-state index is 0.183. The van der Waals surface area contributed by atoms with Gasteiger partial charge in [-0.25, -0.2) is 0 Å². The standard InChI is InChI=1S/C11H16ClNO3/c1-7-4-10(8(2)16-7)11(14)13-9(5-12)6-15-3/h4,9H,5-6H2,1-3H3,(H,13,14). The maximum Gasteiger partial charge on any atom is 0.255 e. The van der Waals surface area contributed by atoms with Crippen LogP contribution in [0.2, 0.25) is 0 Å². The average Bonchev–Trinajstić information content (AvgIpc) is 2.57. The van der Waals surface area contributed by atoms with Gasteiger partial charge >= 0.3 is 0 Å². The zero-order valence-corrected chi connectivity index (χ0v) is 10.4. The Kier molecular flexibility index (Phi) is 4.83. The first-order valence-electron chi connectivity index (χ1n) is 5.01. The number of methoxy groups -OCH3 is 1. The fourth-order valence-corrected chi connectivity index (χ4v) is 1.61. The lowest BCUT2D eigenvalue weighted by Crippen LogP contribution is -2.39. The molecule has 0 fully saturated rings. The summed E-state index contributed by atoms with van der Waals surface area (Å²) in [5.41, 5.74) is 0.545. The molecule has 0 saturated carbocycles. The molecule has 90 valence electrons. The lowest BCUT2D eigenvalue weighted by molar-refractivity contribution is 0.0905. The predicted octanol–water partition coefficient (Wildman–Crippen LogP) is 1.88. The van der Waals surface area contributed by atoms with Crippen molar-refractivity contribution in [1.82, 2.24) is 5.32 Å². The molecule has 1 amide bonds. The Morgan fingerprint density at radius 3 is 2.75 bits per heavy atom. The van der Waals surface area contributed by atoms with Gasteiger partial charge in [0.15, 0.2) is 0 Å². The van der Waals surface area contributed by atoms with Crippen LogP contribution in [0.3, 0.4) is 0 Å². The second-order valence-electron chi connectivity index (χ2n) is 3.61. The number of alkyl halides is 1. The van der Waals surface area contributed by atoms with Gasteiger partial charge in [-0.15, -0.1) is 11.6 Å². The van der Waals surface area contributed by atoms with E-state index in [9.17, 15) is 4.79 Å². The summed E-state index contributed by atoms with van der Waals surface area (Å²) in [6, 6.07) is 1.52. The summed E-state index contributed by atoms with van der Waals surface area (Å²) >= 11 is 5.70. The molecule has 0 bridgehead atoms. The molecule has 1 unspecified atom stereocenters. The van der Waals surface area contributed by atoms with E-state index >= 15 is 0 Å². The Morgan fingerprint density at radius 2 is 2.31 bits per heavy atom. The zero-order chi connectivity index (χ0) is 12.1. The minimum Gasteiger partial charge on any atom is -0.466 e. The fraction of sp³-hybridized carbons (Fsp3) is 0.545. The van der Waals surface area contributed by atoms with Gasteiger partial charge in [0.2, 0.25) is 0 Å². The lowest BCUT2D eigenvalue weighted by atomic mass is 10.2. The Hall–Kier alpha value is -1.00. The molecule has 0 aliphatic rings. The van der Waals surface area contributed by atoms with Crippen LogP contribution in [0.15, 0.2) is 10.5 Å². The summed E-state index contributed by atoms with van der Waals surface area (Å²) in [7, 11) is 1.57. The van der Waals surface area contributed by atoms with Crippen molar-refractivity contribution in [3.05, 3.63) is 23.2 Å². The van der Waals surface area contributed by atoms with E-state index in [-0.39, 0.29) is 11.9 Å². The molecule has 0 saturated heterocycles. The molecule has 1 aromatic heterocycles. The summed E-state index contributed by atoms with van der Waals surface area (Å²) in [6.07, 6.45) is 0. The summed E-state index contributed by atoms with van der Waals surface area (Å²) in [5, 5.41) is 2.78. The van der Waals surface area contributed by atoms with Crippen molar-refractivity contribution in [2.45, 2.75) is 19.9 Å². The van der Waals surface area contributed by atoms with Gasteiger partial charge < -0.3 is 14.5 Å². The number of carbonyl (C=O) groups is 1. The van der Waals surface area contributed by atoms with E-state index < -0.39 is 0 Å². The third-order valence-electron chi connectivity index (χ3n) is 2.17. The van der Waals surface area contributed by atoms with Crippen molar-refractivity contribution in [2.75, 3.05) is 19.6 Å². The van der Waals surface area contributed by atoms with Crippen LogP contribution in [0.4, 0.5) is 0 Å². The van der Waals surface area contributed by atoms with Crippen LogP contribution in [0, 0.1) is 13.8 Å². The van der Waals surface area contributed by atoms with Crippen molar-refractivity contribution in [2.24, 2.45) is 0 Å². The molecule has 4 nitrogen and oxygen atoms in total. The molecule has 1 rings (SSSR count). The van der Waals surface area contributed by atoms with Gasteiger partial charge in [-0.3, -0.25) is 4.79 Å². The molecular weight excluding hydrogens is 230 g/mol. The monoisotopic (exact) mass is 245 g/mol. The maximum atomic E-state index is 11.8. The largest absolute Gasteiger partial charge is 0.466 e. The Bertz CT molecular complexity index is 362. The molecule has 0 aliphatic heterocycles. The van der Waals surface area contributed by atoms with Gasteiger partial charge in [-0.2, -0.15) is 0 Å². The molecule has 1 heterocycles. The van der Waals surface area contributed by atoms with E-state index in [2.05, 4.69) is 5.32 Å². The Labute approximate surface area is 99.9 Å². The summed E-state index contributed by atoms with van der Waals surface area (Å²) < 4.78 is 10.2. The number of hydrogen-bond donors (Lipinski definition) is 1. The third-order valence-corrected chi connectivity index (χ3v) is 2.55. The topological polar surface area (TPSA) is 51.5 Å². The van der Waals surface area contributed by atoms with Gasteiger partial charge in [-0.05, 0) is 19.9 Å². The van der Waals surface area contributed by atoms with Crippen LogP contribution in [-0.2, 0) is 4.74 Å². The van der Waals surface area contributed by atoms with Crippen molar-refractivity contribution in [3.8, 4) is 0 Å². The highest BCUT2D eigenvalue weighted by atomic mass is 35.5. The van der Waals surface area contributed by atoms with Gasteiger partial charge in [-0.1, -0.05) is 0 Å². The number of nitrogens with one attached hydrogen (secondary N) is 1. The first-order valence-corrected chi connectivity index (χ1v) is 5.54. The van der Waals surface area contributed by atoms with Gasteiger partial charge in [0, 0.05) is 13.0 Å². The summed E-state index contributed by atoms with van der Waals surface area (Å²) in [4.78, 5) is 11.8. The number of aryl methyl sites for hydroxylation is 2. The predicted molar refractivity (Wildman–Crippen MR) is 62.0 cm³/mol. The van der Waals surface area contributed by atoms with Crippen LogP contribution < -0.4 is 5.32 Å². The number of amides is 1. The normalized spacial score (nSPS) is 12.5. The van der Waals surface area contributed by atoms with Crippen molar-refractivity contribution < 1.29 is 13.9 Å². The van der Waals surface area contributed by atoms with E-state index in [1.165, 1.54) is 0 Å². The number of hydrogen-bond acceptors (Lipinski definition) is 3. The SMILES string of the molecule is COCC(CCl)NC(=O)c1cc(C)oc1C. The Morgan fingerprint density at radius 1 is 1.62 bits per heavy atom. The molecule has 0 radical (unpaired) electrons. The number of carbonyl (C=O) groups excluding carboxylic acids is 1. The average molecular weight is 246 g/mol. The first-order chi connectivity index (χ1) is 7.58. The number of furan rings is 1. The maximum absolute atomic E-state index is 11.8. The summed E-state index contributed by atoms with van der Waals surface area (Å²) in [6.45, 7) is 3.96. The van der Waals surface area contributed by atoms with Crippen molar-refractivity contribution >= 4 is 17.5 Å². The van der Waals surface area contributed by atoms with Crippen LogP contribution in [0.25, 0.3) is 0 Å². The quantitative estimate of drug-likeness (QED) is 0.806. The Balaban J connectivity index is 2.67. The fourth-order valence-electron chi connectivity index (χ4n) is 1.45. The van der Waals surface area contributed by atoms with Gasteiger partial charge in [0.1, 0.15) is 11.5 Å². The highest BCUT2D eigenvalue weighted by Gasteiger charge is 2.17. The number of rotatable bonds is 5. The lowest BCUT2D eigenvalue weighted by Gasteiger charge is -2.14.